The first-order chi connectivity index (χ1) is 13.0. The number of thioether (sulfide) groups is 2. The van der Waals surface area contributed by atoms with Gasteiger partial charge in [-0.2, -0.15) is 0 Å². The lowest BCUT2D eigenvalue weighted by atomic mass is 10.4. The fourth-order valence-electron chi connectivity index (χ4n) is 2.40. The summed E-state index contributed by atoms with van der Waals surface area (Å²) in [5, 5.41) is 10.2. The molecule has 2 aromatic rings. The zero-order valence-electron chi connectivity index (χ0n) is 15.1. The summed E-state index contributed by atoms with van der Waals surface area (Å²) < 4.78 is 10.3. The zero-order chi connectivity index (χ0) is 19.4. The Bertz CT molecular complexity index is 877. The number of thiazole rings is 1. The maximum Gasteiger partial charge on any atom is 0.333 e. The average molecular weight is 427 g/mol. The Morgan fingerprint density at radius 1 is 1.41 bits per heavy atom. The Hall–Kier alpha value is -1.85. The highest BCUT2D eigenvalue weighted by atomic mass is 32.2. The van der Waals surface area contributed by atoms with Crippen LogP contribution in [0.15, 0.2) is 20.7 Å². The van der Waals surface area contributed by atoms with Gasteiger partial charge in [0, 0.05) is 12.3 Å². The molecule has 1 saturated heterocycles. The van der Waals surface area contributed by atoms with Crippen molar-refractivity contribution in [2.75, 3.05) is 25.2 Å². The number of methoxy groups -OCH3 is 1. The third-order valence-electron chi connectivity index (χ3n) is 3.61. The molecule has 0 aromatic carbocycles. The van der Waals surface area contributed by atoms with Gasteiger partial charge in [0.2, 0.25) is 5.91 Å². The first-order valence-electron chi connectivity index (χ1n) is 8.11. The van der Waals surface area contributed by atoms with E-state index >= 15 is 0 Å². The first-order valence-corrected chi connectivity index (χ1v) is 10.9. The van der Waals surface area contributed by atoms with Gasteiger partial charge in [-0.05, 0) is 20.3 Å². The molecule has 1 amide bonds. The second kappa shape index (κ2) is 8.89. The molecule has 0 aliphatic carbocycles. The monoisotopic (exact) mass is 426 g/mol. The Morgan fingerprint density at radius 3 is 2.93 bits per heavy atom. The molecule has 1 aliphatic heterocycles. The Balaban J connectivity index is 1.52. The van der Waals surface area contributed by atoms with Crippen molar-refractivity contribution in [1.82, 2.24) is 20.1 Å². The van der Waals surface area contributed by atoms with E-state index in [-0.39, 0.29) is 5.91 Å². The highest BCUT2D eigenvalue weighted by molar-refractivity contribution is 8.04. The molecule has 0 radical (unpaired) electrons. The van der Waals surface area contributed by atoms with E-state index in [1.807, 2.05) is 13.8 Å². The maximum absolute atomic E-state index is 12.0. The van der Waals surface area contributed by atoms with Crippen LogP contribution in [0.25, 0.3) is 10.8 Å². The second-order valence-corrected chi connectivity index (χ2v) is 8.81. The van der Waals surface area contributed by atoms with Crippen molar-refractivity contribution in [2.45, 2.75) is 25.5 Å². The molecule has 144 valence electrons. The van der Waals surface area contributed by atoms with Gasteiger partial charge < -0.3 is 14.1 Å². The van der Waals surface area contributed by atoms with E-state index in [2.05, 4.69) is 19.9 Å². The highest BCUT2D eigenvalue weighted by Crippen LogP contribution is 2.31. The van der Waals surface area contributed by atoms with Crippen molar-refractivity contribution >= 4 is 46.7 Å². The summed E-state index contributed by atoms with van der Waals surface area (Å²) in [4.78, 5) is 30.2. The van der Waals surface area contributed by atoms with Crippen molar-refractivity contribution in [3.8, 4) is 10.8 Å². The van der Waals surface area contributed by atoms with E-state index in [1.54, 1.807) is 4.90 Å². The number of hydrogen-bond donors (Lipinski definition) is 0. The molecule has 0 unspecified atom stereocenters. The molecular weight excluding hydrogens is 408 g/mol. The number of aromatic nitrogens is 3. The van der Waals surface area contributed by atoms with E-state index in [4.69, 9.17) is 4.42 Å². The molecule has 11 heteroatoms. The van der Waals surface area contributed by atoms with Crippen LogP contribution in [-0.2, 0) is 14.3 Å². The Morgan fingerprint density at radius 2 is 2.22 bits per heavy atom. The van der Waals surface area contributed by atoms with Gasteiger partial charge in [-0.3, -0.25) is 4.79 Å². The van der Waals surface area contributed by atoms with Crippen LogP contribution in [0.2, 0.25) is 0 Å². The molecule has 8 nitrogen and oxygen atoms in total. The first kappa shape index (κ1) is 19.9. The summed E-state index contributed by atoms with van der Waals surface area (Å²) in [6.07, 6.45) is 2.08. The minimum atomic E-state index is -0.460. The molecule has 27 heavy (non-hydrogen) atoms. The van der Waals surface area contributed by atoms with E-state index in [0.29, 0.717) is 34.2 Å². The van der Waals surface area contributed by atoms with Crippen LogP contribution < -0.4 is 0 Å². The van der Waals surface area contributed by atoms with Gasteiger partial charge in [-0.1, -0.05) is 23.5 Å². The van der Waals surface area contributed by atoms with E-state index in [0.717, 1.165) is 22.0 Å². The number of hydrogen-bond acceptors (Lipinski definition) is 10. The molecule has 0 saturated carbocycles. The molecular formula is C16H18N4O4S3. The summed E-state index contributed by atoms with van der Waals surface area (Å²) in [7, 11) is 1.32. The smallest absolute Gasteiger partial charge is 0.333 e. The topological polar surface area (TPSA) is 98.4 Å². The van der Waals surface area contributed by atoms with Crippen LogP contribution in [0.5, 0.6) is 0 Å². The van der Waals surface area contributed by atoms with Crippen LogP contribution in [-0.4, -0.2) is 57.1 Å². The fourth-order valence-corrected chi connectivity index (χ4v) is 4.88. The standard InChI is InChI=1S/C16H18N4O4S3/c1-9-14(27-10(2)17-9)15-18-19-16(24-15)25-6-4-5-20-11(21)8-26-12(20)7-13(22)23-3/h7H,4-6,8H2,1-3H3/b12-7+. The van der Waals surface area contributed by atoms with Gasteiger partial charge in [-0.25, -0.2) is 9.78 Å². The van der Waals surface area contributed by atoms with Crippen LogP contribution in [0.3, 0.4) is 0 Å². The van der Waals surface area contributed by atoms with Crippen molar-refractivity contribution < 1.29 is 18.7 Å². The van der Waals surface area contributed by atoms with Gasteiger partial charge in [0.15, 0.2) is 0 Å². The minimum absolute atomic E-state index is 0.00345. The number of aryl methyl sites for hydroxylation is 2. The van der Waals surface area contributed by atoms with Crippen molar-refractivity contribution in [1.29, 1.82) is 0 Å². The largest absolute Gasteiger partial charge is 0.466 e. The molecule has 0 bridgehead atoms. The van der Waals surface area contributed by atoms with Crippen LogP contribution >= 0.6 is 34.9 Å². The average Bonchev–Trinajstić information content (AvgIpc) is 3.32. The van der Waals surface area contributed by atoms with Crippen molar-refractivity contribution in [3.63, 3.8) is 0 Å². The quantitative estimate of drug-likeness (QED) is 0.286. The van der Waals surface area contributed by atoms with Crippen LogP contribution in [0.1, 0.15) is 17.1 Å². The molecule has 0 atom stereocenters. The lowest BCUT2D eigenvalue weighted by Crippen LogP contribution is -2.26. The molecule has 0 N–H and O–H groups in total. The lowest BCUT2D eigenvalue weighted by Gasteiger charge is -2.16. The van der Waals surface area contributed by atoms with Crippen LogP contribution in [0, 0.1) is 13.8 Å². The second-order valence-electron chi connectivity index (χ2n) is 5.56. The van der Waals surface area contributed by atoms with Gasteiger partial charge in [0.1, 0.15) is 4.88 Å². The summed E-state index contributed by atoms with van der Waals surface area (Å²) in [6, 6.07) is 0. The number of rotatable bonds is 7. The number of amides is 1. The van der Waals surface area contributed by atoms with Gasteiger partial charge in [0.05, 0.1) is 34.7 Å². The third-order valence-corrected chi connectivity index (χ3v) is 6.60. The number of nitrogens with zero attached hydrogens (tertiary/aromatic N) is 4. The minimum Gasteiger partial charge on any atom is -0.466 e. The number of carbonyl (C=O) groups excluding carboxylic acids is 2. The van der Waals surface area contributed by atoms with E-state index in [1.165, 1.54) is 48.0 Å². The Kier molecular flexibility index (Phi) is 6.55. The lowest BCUT2D eigenvalue weighted by molar-refractivity contribution is -0.134. The van der Waals surface area contributed by atoms with E-state index < -0.39 is 5.97 Å². The number of ether oxygens (including phenoxy) is 1. The zero-order valence-corrected chi connectivity index (χ0v) is 17.5. The molecule has 1 aliphatic rings. The van der Waals surface area contributed by atoms with Gasteiger partial charge in [0.25, 0.3) is 11.1 Å². The fraction of sp³-hybridized carbons (Fsp3) is 0.438. The number of esters is 1. The molecule has 0 spiro atoms. The van der Waals surface area contributed by atoms with Crippen molar-refractivity contribution in [2.24, 2.45) is 0 Å². The summed E-state index contributed by atoms with van der Waals surface area (Å²) in [5.41, 5.74) is 0.882. The number of carbonyl (C=O) groups is 2. The summed E-state index contributed by atoms with van der Waals surface area (Å²) in [5.74, 6) is 1.07. The Labute approximate surface area is 168 Å². The highest BCUT2D eigenvalue weighted by Gasteiger charge is 2.27. The third kappa shape index (κ3) is 4.90. The predicted molar refractivity (Wildman–Crippen MR) is 104 cm³/mol. The van der Waals surface area contributed by atoms with Crippen LogP contribution in [0.4, 0.5) is 0 Å². The maximum atomic E-state index is 12.0. The van der Waals surface area contributed by atoms with E-state index in [9.17, 15) is 9.59 Å². The van der Waals surface area contributed by atoms with Gasteiger partial charge >= 0.3 is 5.97 Å². The predicted octanol–water partition coefficient (Wildman–Crippen LogP) is 2.88. The van der Waals surface area contributed by atoms with Gasteiger partial charge in [-0.15, -0.1) is 21.5 Å². The molecule has 2 aromatic heterocycles. The molecule has 1 fully saturated rings. The summed E-state index contributed by atoms with van der Waals surface area (Å²) >= 11 is 4.31. The summed E-state index contributed by atoms with van der Waals surface area (Å²) in [6.45, 7) is 4.38. The molecule has 3 heterocycles. The molecule has 3 rings (SSSR count). The SMILES string of the molecule is COC(=O)/C=C1/SCC(=O)N1CCCSc1nnc(-c2sc(C)nc2C)o1. The van der Waals surface area contributed by atoms with Crippen molar-refractivity contribution in [3.05, 3.63) is 21.8 Å². The normalized spacial score (nSPS) is 15.7.